The van der Waals surface area contributed by atoms with E-state index in [4.69, 9.17) is 16.0 Å². The summed E-state index contributed by atoms with van der Waals surface area (Å²) in [6.45, 7) is 6.02. The maximum absolute atomic E-state index is 11.8. The zero-order valence-electron chi connectivity index (χ0n) is 9.92. The number of amides is 1. The maximum Gasteiger partial charge on any atom is 0.254 e. The number of nitrogens with one attached hydrogen (secondary N) is 1. The molecule has 1 N–H and O–H groups in total. The molecule has 0 fully saturated rings. The summed E-state index contributed by atoms with van der Waals surface area (Å²) in [4.78, 5) is 11.8. The molecular weight excluding hydrogens is 226 g/mol. The number of alkyl halides is 1. The van der Waals surface area contributed by atoms with Gasteiger partial charge in [0, 0.05) is 11.9 Å². The van der Waals surface area contributed by atoms with Crippen molar-refractivity contribution in [2.75, 3.05) is 5.88 Å². The van der Waals surface area contributed by atoms with Crippen molar-refractivity contribution in [1.82, 2.24) is 5.32 Å². The Bertz CT molecular complexity index is 347. The summed E-state index contributed by atoms with van der Waals surface area (Å²) in [5, 5.41) is 2.90. The molecule has 0 aliphatic rings. The van der Waals surface area contributed by atoms with Gasteiger partial charge in [-0.05, 0) is 25.3 Å². The monoisotopic (exact) mass is 243 g/mol. The fourth-order valence-electron chi connectivity index (χ4n) is 1.56. The van der Waals surface area contributed by atoms with Crippen LogP contribution in [-0.2, 0) is 0 Å². The van der Waals surface area contributed by atoms with Crippen molar-refractivity contribution < 1.29 is 9.21 Å². The van der Waals surface area contributed by atoms with Crippen LogP contribution in [0.1, 0.15) is 36.4 Å². The third kappa shape index (κ3) is 3.89. The fraction of sp³-hybridized carbons (Fsp3) is 0.583. The van der Waals surface area contributed by atoms with Crippen molar-refractivity contribution in [1.29, 1.82) is 0 Å². The van der Waals surface area contributed by atoms with Crippen LogP contribution in [0, 0.1) is 12.8 Å². The van der Waals surface area contributed by atoms with E-state index in [-0.39, 0.29) is 11.9 Å². The zero-order chi connectivity index (χ0) is 12.1. The van der Waals surface area contributed by atoms with Gasteiger partial charge in [0.05, 0.1) is 5.56 Å². The molecule has 4 heteroatoms. The number of halogens is 1. The van der Waals surface area contributed by atoms with Crippen molar-refractivity contribution in [2.24, 2.45) is 5.92 Å². The average molecular weight is 244 g/mol. The van der Waals surface area contributed by atoms with Crippen LogP contribution in [0.4, 0.5) is 0 Å². The molecule has 0 aliphatic carbocycles. The van der Waals surface area contributed by atoms with Gasteiger partial charge in [0.2, 0.25) is 0 Å². The average Bonchev–Trinajstić information content (AvgIpc) is 2.63. The molecule has 1 heterocycles. The van der Waals surface area contributed by atoms with E-state index < -0.39 is 0 Å². The normalized spacial score (nSPS) is 12.8. The lowest BCUT2D eigenvalue weighted by atomic mass is 10.0. The Morgan fingerprint density at radius 3 is 2.69 bits per heavy atom. The van der Waals surface area contributed by atoms with E-state index in [9.17, 15) is 4.79 Å². The lowest BCUT2D eigenvalue weighted by molar-refractivity contribution is 0.0936. The van der Waals surface area contributed by atoms with Crippen LogP contribution in [0.5, 0.6) is 0 Å². The van der Waals surface area contributed by atoms with Crippen LogP contribution in [0.25, 0.3) is 0 Å². The third-order valence-corrected chi connectivity index (χ3v) is 2.64. The number of carbonyl (C=O) groups is 1. The van der Waals surface area contributed by atoms with Gasteiger partial charge in [-0.1, -0.05) is 13.8 Å². The van der Waals surface area contributed by atoms with E-state index in [0.29, 0.717) is 17.4 Å². The molecule has 0 radical (unpaired) electrons. The highest BCUT2D eigenvalue weighted by molar-refractivity contribution is 6.18. The minimum absolute atomic E-state index is 0.0179. The summed E-state index contributed by atoms with van der Waals surface area (Å²) in [5.74, 6) is 1.55. The summed E-state index contributed by atoms with van der Waals surface area (Å²) in [6, 6.07) is 1.74. The highest BCUT2D eigenvalue weighted by Gasteiger charge is 2.15. The summed E-state index contributed by atoms with van der Waals surface area (Å²) in [6.07, 6.45) is 2.34. The molecule has 1 aromatic rings. The SMILES string of the molecule is Cc1cc(C(=O)NC(CCl)CC(C)C)co1. The smallest absolute Gasteiger partial charge is 0.254 e. The Labute approximate surface area is 101 Å². The molecular formula is C12H18ClNO2. The third-order valence-electron chi connectivity index (χ3n) is 2.27. The molecule has 0 saturated heterocycles. The van der Waals surface area contributed by atoms with Gasteiger partial charge in [0.1, 0.15) is 12.0 Å². The highest BCUT2D eigenvalue weighted by Crippen LogP contribution is 2.09. The van der Waals surface area contributed by atoms with Crippen LogP contribution in [0.15, 0.2) is 16.7 Å². The second-order valence-electron chi connectivity index (χ2n) is 4.40. The van der Waals surface area contributed by atoms with Crippen molar-refractivity contribution in [3.8, 4) is 0 Å². The largest absolute Gasteiger partial charge is 0.469 e. The van der Waals surface area contributed by atoms with Crippen LogP contribution in [0.3, 0.4) is 0 Å². The Kier molecular flexibility index (Phi) is 4.87. The maximum atomic E-state index is 11.8. The first kappa shape index (κ1) is 13.1. The number of furan rings is 1. The minimum Gasteiger partial charge on any atom is -0.469 e. The van der Waals surface area contributed by atoms with Crippen molar-refractivity contribution >= 4 is 17.5 Å². The fourth-order valence-corrected chi connectivity index (χ4v) is 1.76. The van der Waals surface area contributed by atoms with Gasteiger partial charge in [0.15, 0.2) is 0 Å². The number of hydrogen-bond acceptors (Lipinski definition) is 2. The topological polar surface area (TPSA) is 42.2 Å². The van der Waals surface area contributed by atoms with E-state index in [0.717, 1.165) is 12.2 Å². The molecule has 1 rings (SSSR count). The molecule has 0 aliphatic heterocycles. The quantitative estimate of drug-likeness (QED) is 0.808. The first-order valence-electron chi connectivity index (χ1n) is 5.45. The van der Waals surface area contributed by atoms with E-state index >= 15 is 0 Å². The van der Waals surface area contributed by atoms with Gasteiger partial charge >= 0.3 is 0 Å². The molecule has 3 nitrogen and oxygen atoms in total. The van der Waals surface area contributed by atoms with Crippen molar-refractivity contribution in [3.05, 3.63) is 23.7 Å². The second-order valence-corrected chi connectivity index (χ2v) is 4.71. The van der Waals surface area contributed by atoms with Gasteiger partial charge in [0.25, 0.3) is 5.91 Å². The number of rotatable bonds is 5. The van der Waals surface area contributed by atoms with Gasteiger partial charge < -0.3 is 9.73 Å². The Morgan fingerprint density at radius 1 is 1.56 bits per heavy atom. The van der Waals surface area contributed by atoms with Gasteiger partial charge in [-0.15, -0.1) is 11.6 Å². The van der Waals surface area contributed by atoms with Gasteiger partial charge in [-0.25, -0.2) is 0 Å². The van der Waals surface area contributed by atoms with Gasteiger partial charge in [-0.2, -0.15) is 0 Å². The highest BCUT2D eigenvalue weighted by atomic mass is 35.5. The zero-order valence-corrected chi connectivity index (χ0v) is 10.7. The van der Waals surface area contributed by atoms with E-state index in [1.54, 1.807) is 6.07 Å². The number of hydrogen-bond donors (Lipinski definition) is 1. The Hall–Kier alpha value is -0.960. The Morgan fingerprint density at radius 2 is 2.25 bits per heavy atom. The molecule has 0 saturated carbocycles. The molecule has 16 heavy (non-hydrogen) atoms. The van der Waals surface area contributed by atoms with Crippen molar-refractivity contribution in [3.63, 3.8) is 0 Å². The molecule has 1 amide bonds. The van der Waals surface area contributed by atoms with E-state index in [1.807, 2.05) is 6.92 Å². The number of carbonyl (C=O) groups excluding carboxylic acids is 1. The lowest BCUT2D eigenvalue weighted by Gasteiger charge is -2.17. The summed E-state index contributed by atoms with van der Waals surface area (Å²) in [7, 11) is 0. The molecule has 0 aromatic carbocycles. The van der Waals surface area contributed by atoms with Crippen molar-refractivity contribution in [2.45, 2.75) is 33.2 Å². The minimum atomic E-state index is -0.122. The first-order valence-corrected chi connectivity index (χ1v) is 5.98. The molecule has 1 unspecified atom stereocenters. The standard InChI is InChI=1S/C12H18ClNO2/c1-8(2)4-11(6-13)14-12(15)10-5-9(3)16-7-10/h5,7-8,11H,4,6H2,1-3H3,(H,14,15). The summed E-state index contributed by atoms with van der Waals surface area (Å²) in [5.41, 5.74) is 0.552. The molecule has 1 aromatic heterocycles. The van der Waals surface area contributed by atoms with Crippen LogP contribution >= 0.6 is 11.6 Å². The van der Waals surface area contributed by atoms with Gasteiger partial charge in [-0.3, -0.25) is 4.79 Å². The molecule has 90 valence electrons. The van der Waals surface area contributed by atoms with E-state index in [1.165, 1.54) is 6.26 Å². The second kappa shape index (κ2) is 5.94. The number of aryl methyl sites for hydroxylation is 1. The molecule has 0 bridgehead atoms. The molecule has 0 spiro atoms. The van der Waals surface area contributed by atoms with Crippen LogP contribution in [0.2, 0.25) is 0 Å². The first-order chi connectivity index (χ1) is 7.52. The molecule has 1 atom stereocenters. The predicted molar refractivity (Wildman–Crippen MR) is 64.9 cm³/mol. The van der Waals surface area contributed by atoms with Crippen LogP contribution < -0.4 is 5.32 Å². The van der Waals surface area contributed by atoms with Crippen LogP contribution in [-0.4, -0.2) is 17.8 Å². The summed E-state index contributed by atoms with van der Waals surface area (Å²) < 4.78 is 5.09. The summed E-state index contributed by atoms with van der Waals surface area (Å²) >= 11 is 5.81. The Balaban J connectivity index is 2.55. The predicted octanol–water partition coefficient (Wildman–Crippen LogP) is 2.97. The van der Waals surface area contributed by atoms with E-state index in [2.05, 4.69) is 19.2 Å². The lowest BCUT2D eigenvalue weighted by Crippen LogP contribution is -2.36.